The van der Waals surface area contributed by atoms with Crippen LogP contribution in [0, 0.1) is 6.92 Å². The van der Waals surface area contributed by atoms with Gasteiger partial charge in [0, 0.05) is 37.4 Å². The maximum atomic E-state index is 5.48. The topological polar surface area (TPSA) is 41.7 Å². The second-order valence-corrected chi connectivity index (χ2v) is 6.42. The average molecular weight is 329 g/mol. The van der Waals surface area contributed by atoms with Crippen molar-refractivity contribution in [3.63, 3.8) is 0 Å². The molecule has 0 unspecified atom stereocenters. The average Bonchev–Trinajstić information content (AvgIpc) is 2.96. The predicted octanol–water partition coefficient (Wildman–Crippen LogP) is 3.01. The molecule has 3 rings (SSSR count). The third-order valence-electron chi connectivity index (χ3n) is 4.61. The Morgan fingerprint density at radius 2 is 1.92 bits per heavy atom. The molecule has 24 heavy (non-hydrogen) atoms. The number of ether oxygens (including phenoxy) is 1. The number of anilines is 1. The first-order chi connectivity index (χ1) is 11.7. The number of aryl methyl sites for hydroxylation is 2. The molecule has 1 fully saturated rings. The maximum absolute atomic E-state index is 5.48. The van der Waals surface area contributed by atoms with Gasteiger partial charge in [0.15, 0.2) is 0 Å². The van der Waals surface area contributed by atoms with E-state index in [0.717, 1.165) is 57.3 Å². The van der Waals surface area contributed by atoms with Gasteiger partial charge in [-0.1, -0.05) is 30.3 Å². The number of benzene rings is 1. The van der Waals surface area contributed by atoms with Gasteiger partial charge >= 0.3 is 0 Å². The lowest BCUT2D eigenvalue weighted by Crippen LogP contribution is -2.37. The van der Waals surface area contributed by atoms with E-state index in [9.17, 15) is 0 Å². The largest absolute Gasteiger partial charge is 0.378 e. The van der Waals surface area contributed by atoms with Crippen LogP contribution >= 0.6 is 0 Å². The van der Waals surface area contributed by atoms with Crippen LogP contribution in [-0.2, 0) is 24.2 Å². The molecule has 5 heteroatoms. The van der Waals surface area contributed by atoms with E-state index in [1.165, 1.54) is 16.8 Å². The summed E-state index contributed by atoms with van der Waals surface area (Å²) in [5, 5.41) is 4.16. The maximum Gasteiger partial charge on any atom is 0.138 e. The molecule has 2 heterocycles. The molecule has 0 spiro atoms. The molecule has 0 amide bonds. The smallest absolute Gasteiger partial charge is 0.138 e. The van der Waals surface area contributed by atoms with Crippen molar-refractivity contribution in [1.29, 1.82) is 0 Å². The Hall–Kier alpha value is -1.85. The van der Waals surface area contributed by atoms with Crippen LogP contribution in [0.2, 0.25) is 0 Å². The van der Waals surface area contributed by atoms with Gasteiger partial charge in [-0.15, -0.1) is 0 Å². The number of rotatable bonds is 6. The van der Waals surface area contributed by atoms with Gasteiger partial charge in [0.05, 0.1) is 18.9 Å². The van der Waals surface area contributed by atoms with Crippen molar-refractivity contribution in [2.24, 2.45) is 0 Å². The minimum absolute atomic E-state index is 0.809. The van der Waals surface area contributed by atoms with Gasteiger partial charge in [-0.2, -0.15) is 0 Å². The molecular formula is C19H27N3O2. The standard InChI is InChI=1S/C19H27N3O2/c1-4-18-17(15(2)24-20-18)14-21(3)13-16-7-5-6-8-19(16)22-9-11-23-12-10-22/h5-8H,4,9-14H2,1-3H3. The van der Waals surface area contributed by atoms with E-state index >= 15 is 0 Å². The summed E-state index contributed by atoms with van der Waals surface area (Å²) >= 11 is 0. The highest BCUT2D eigenvalue weighted by Crippen LogP contribution is 2.24. The summed E-state index contributed by atoms with van der Waals surface area (Å²) in [7, 11) is 2.15. The number of morpholine rings is 1. The fourth-order valence-corrected chi connectivity index (χ4v) is 3.29. The van der Waals surface area contributed by atoms with E-state index in [0.29, 0.717) is 0 Å². The minimum Gasteiger partial charge on any atom is -0.378 e. The monoisotopic (exact) mass is 329 g/mol. The van der Waals surface area contributed by atoms with Crippen LogP contribution in [0.4, 0.5) is 5.69 Å². The first-order valence-electron chi connectivity index (χ1n) is 8.72. The molecule has 0 atom stereocenters. The third kappa shape index (κ3) is 3.79. The Labute approximate surface area is 144 Å². The molecule has 1 aliphatic rings. The lowest BCUT2D eigenvalue weighted by atomic mass is 10.1. The number of hydrogen-bond acceptors (Lipinski definition) is 5. The number of aromatic nitrogens is 1. The zero-order valence-corrected chi connectivity index (χ0v) is 14.9. The zero-order chi connectivity index (χ0) is 16.9. The third-order valence-corrected chi connectivity index (χ3v) is 4.61. The molecule has 5 nitrogen and oxygen atoms in total. The van der Waals surface area contributed by atoms with E-state index in [-0.39, 0.29) is 0 Å². The van der Waals surface area contributed by atoms with Crippen molar-refractivity contribution in [3.8, 4) is 0 Å². The summed E-state index contributed by atoms with van der Waals surface area (Å²) in [6, 6.07) is 8.68. The van der Waals surface area contributed by atoms with Crippen molar-refractivity contribution in [2.45, 2.75) is 33.4 Å². The Morgan fingerprint density at radius 1 is 1.17 bits per heavy atom. The number of para-hydroxylation sites is 1. The van der Waals surface area contributed by atoms with E-state index in [4.69, 9.17) is 9.26 Å². The quantitative estimate of drug-likeness (QED) is 0.815. The molecule has 130 valence electrons. The van der Waals surface area contributed by atoms with Crippen molar-refractivity contribution in [3.05, 3.63) is 46.8 Å². The van der Waals surface area contributed by atoms with Gasteiger partial charge in [-0.05, 0) is 32.0 Å². The van der Waals surface area contributed by atoms with Crippen LogP contribution in [0.1, 0.15) is 29.5 Å². The summed E-state index contributed by atoms with van der Waals surface area (Å²) in [6.45, 7) is 9.42. The molecule has 2 aromatic rings. The summed E-state index contributed by atoms with van der Waals surface area (Å²) in [4.78, 5) is 4.76. The minimum atomic E-state index is 0.809. The normalized spacial score (nSPS) is 15.2. The second kappa shape index (κ2) is 7.81. The molecule has 1 saturated heterocycles. The molecule has 0 saturated carbocycles. The lowest BCUT2D eigenvalue weighted by Gasteiger charge is -2.31. The van der Waals surface area contributed by atoms with Crippen LogP contribution in [-0.4, -0.2) is 43.4 Å². The van der Waals surface area contributed by atoms with Crippen molar-refractivity contribution < 1.29 is 9.26 Å². The van der Waals surface area contributed by atoms with E-state index in [1.807, 2.05) is 6.92 Å². The van der Waals surface area contributed by atoms with Gasteiger partial charge in [-0.25, -0.2) is 0 Å². The van der Waals surface area contributed by atoms with Crippen LogP contribution < -0.4 is 4.90 Å². The molecule has 0 radical (unpaired) electrons. The zero-order valence-electron chi connectivity index (χ0n) is 14.9. The molecule has 1 aliphatic heterocycles. The highest BCUT2D eigenvalue weighted by atomic mass is 16.5. The van der Waals surface area contributed by atoms with E-state index in [2.05, 4.69) is 53.2 Å². The van der Waals surface area contributed by atoms with Crippen LogP contribution in [0.3, 0.4) is 0 Å². The first-order valence-corrected chi connectivity index (χ1v) is 8.72. The summed E-state index contributed by atoms with van der Waals surface area (Å²) in [6.07, 6.45) is 0.908. The highest BCUT2D eigenvalue weighted by Gasteiger charge is 2.17. The molecule has 0 aliphatic carbocycles. The molecular weight excluding hydrogens is 302 g/mol. The van der Waals surface area contributed by atoms with Gasteiger partial charge in [0.1, 0.15) is 5.76 Å². The predicted molar refractivity (Wildman–Crippen MR) is 95.3 cm³/mol. The van der Waals surface area contributed by atoms with Gasteiger partial charge < -0.3 is 14.2 Å². The fourth-order valence-electron chi connectivity index (χ4n) is 3.29. The lowest BCUT2D eigenvalue weighted by molar-refractivity contribution is 0.122. The summed E-state index contributed by atoms with van der Waals surface area (Å²) in [5.74, 6) is 0.931. The Bertz CT molecular complexity index is 662. The van der Waals surface area contributed by atoms with Crippen LogP contribution in [0.25, 0.3) is 0 Å². The van der Waals surface area contributed by atoms with Crippen molar-refractivity contribution >= 4 is 5.69 Å². The number of nitrogens with zero attached hydrogens (tertiary/aromatic N) is 3. The summed E-state index contributed by atoms with van der Waals surface area (Å²) < 4.78 is 10.8. The Kier molecular flexibility index (Phi) is 5.53. The Balaban J connectivity index is 1.72. The summed E-state index contributed by atoms with van der Waals surface area (Å²) in [5.41, 5.74) is 4.98. The molecule has 0 N–H and O–H groups in total. The van der Waals surface area contributed by atoms with E-state index < -0.39 is 0 Å². The van der Waals surface area contributed by atoms with Gasteiger partial charge in [0.2, 0.25) is 0 Å². The molecule has 0 bridgehead atoms. The van der Waals surface area contributed by atoms with Gasteiger partial charge in [-0.3, -0.25) is 4.90 Å². The molecule has 1 aromatic carbocycles. The second-order valence-electron chi connectivity index (χ2n) is 6.42. The Morgan fingerprint density at radius 3 is 2.67 bits per heavy atom. The van der Waals surface area contributed by atoms with Crippen molar-refractivity contribution in [1.82, 2.24) is 10.1 Å². The fraction of sp³-hybridized carbons (Fsp3) is 0.526. The van der Waals surface area contributed by atoms with Crippen molar-refractivity contribution in [2.75, 3.05) is 38.3 Å². The SMILES string of the molecule is CCc1noc(C)c1CN(C)Cc1ccccc1N1CCOCC1. The van der Waals surface area contributed by atoms with E-state index in [1.54, 1.807) is 0 Å². The number of hydrogen-bond donors (Lipinski definition) is 0. The van der Waals surface area contributed by atoms with Crippen LogP contribution in [0.15, 0.2) is 28.8 Å². The molecule has 1 aromatic heterocycles. The van der Waals surface area contributed by atoms with Gasteiger partial charge in [0.25, 0.3) is 0 Å². The highest BCUT2D eigenvalue weighted by molar-refractivity contribution is 5.54. The first kappa shape index (κ1) is 17.0. The van der Waals surface area contributed by atoms with Crippen LogP contribution in [0.5, 0.6) is 0 Å².